The number of hydrogen-bond acceptors (Lipinski definition) is 6. The SMILES string of the molecule is Cc1oc(CNC(C)C)cc1S(=O)(=O)Nc1nccs1. The first-order valence-corrected chi connectivity index (χ1v) is 8.50. The first-order chi connectivity index (χ1) is 9.38. The van der Waals surface area contributed by atoms with Crippen LogP contribution >= 0.6 is 11.3 Å². The van der Waals surface area contributed by atoms with Gasteiger partial charge >= 0.3 is 0 Å². The van der Waals surface area contributed by atoms with E-state index in [1.54, 1.807) is 24.6 Å². The van der Waals surface area contributed by atoms with Gasteiger partial charge in [0.25, 0.3) is 10.0 Å². The number of nitrogens with one attached hydrogen (secondary N) is 2. The summed E-state index contributed by atoms with van der Waals surface area (Å²) in [7, 11) is -3.66. The Bertz CT molecular complexity index is 660. The molecule has 2 aromatic rings. The Morgan fingerprint density at radius 3 is 2.80 bits per heavy atom. The molecule has 20 heavy (non-hydrogen) atoms. The molecule has 0 radical (unpaired) electrons. The Hall–Kier alpha value is -1.38. The maximum Gasteiger partial charge on any atom is 0.267 e. The van der Waals surface area contributed by atoms with Gasteiger partial charge in [0.1, 0.15) is 16.4 Å². The number of thiazole rings is 1. The van der Waals surface area contributed by atoms with E-state index in [2.05, 4.69) is 15.0 Å². The van der Waals surface area contributed by atoms with Crippen molar-refractivity contribution >= 4 is 26.5 Å². The minimum Gasteiger partial charge on any atom is -0.464 e. The van der Waals surface area contributed by atoms with Crippen molar-refractivity contribution in [2.45, 2.75) is 38.3 Å². The average molecular weight is 315 g/mol. The molecule has 110 valence electrons. The van der Waals surface area contributed by atoms with Gasteiger partial charge in [-0.1, -0.05) is 13.8 Å². The second-order valence-corrected chi connectivity index (χ2v) is 7.16. The summed E-state index contributed by atoms with van der Waals surface area (Å²) < 4.78 is 32.4. The van der Waals surface area contributed by atoms with Crippen LogP contribution in [-0.4, -0.2) is 19.4 Å². The van der Waals surface area contributed by atoms with Gasteiger partial charge in [0.15, 0.2) is 5.13 Å². The number of rotatable bonds is 6. The van der Waals surface area contributed by atoms with Crippen molar-refractivity contribution in [3.8, 4) is 0 Å². The molecular formula is C12H17N3O3S2. The van der Waals surface area contributed by atoms with E-state index in [9.17, 15) is 8.42 Å². The van der Waals surface area contributed by atoms with Crippen molar-refractivity contribution in [2.24, 2.45) is 0 Å². The molecule has 0 atom stereocenters. The molecule has 0 aromatic carbocycles. The van der Waals surface area contributed by atoms with Crippen molar-refractivity contribution < 1.29 is 12.8 Å². The highest BCUT2D eigenvalue weighted by atomic mass is 32.2. The van der Waals surface area contributed by atoms with Crippen molar-refractivity contribution in [3.63, 3.8) is 0 Å². The normalized spacial score (nSPS) is 12.0. The van der Waals surface area contributed by atoms with E-state index in [4.69, 9.17) is 4.42 Å². The lowest BCUT2D eigenvalue weighted by Gasteiger charge is -2.04. The summed E-state index contributed by atoms with van der Waals surface area (Å²) in [6.07, 6.45) is 1.54. The van der Waals surface area contributed by atoms with Gasteiger partial charge in [-0.05, 0) is 6.92 Å². The monoisotopic (exact) mass is 315 g/mol. The largest absolute Gasteiger partial charge is 0.464 e. The number of furan rings is 1. The summed E-state index contributed by atoms with van der Waals surface area (Å²) in [6.45, 7) is 6.15. The maximum absolute atomic E-state index is 12.2. The Morgan fingerprint density at radius 2 is 2.20 bits per heavy atom. The maximum atomic E-state index is 12.2. The standard InChI is InChI=1S/C12H17N3O3S2/c1-8(2)14-7-10-6-11(9(3)18-10)20(16,17)15-12-13-4-5-19-12/h4-6,8,14H,7H2,1-3H3,(H,13,15). The van der Waals surface area contributed by atoms with Crippen LogP contribution in [-0.2, 0) is 16.6 Å². The lowest BCUT2D eigenvalue weighted by atomic mass is 10.3. The molecule has 0 unspecified atom stereocenters. The lowest BCUT2D eigenvalue weighted by molar-refractivity contribution is 0.444. The number of nitrogens with zero attached hydrogens (tertiary/aromatic N) is 1. The molecule has 0 aliphatic heterocycles. The van der Waals surface area contributed by atoms with Gasteiger partial charge in [-0.15, -0.1) is 11.3 Å². The molecule has 0 saturated carbocycles. The van der Waals surface area contributed by atoms with E-state index in [-0.39, 0.29) is 4.90 Å². The third-order valence-electron chi connectivity index (χ3n) is 2.55. The van der Waals surface area contributed by atoms with Crippen molar-refractivity contribution in [1.29, 1.82) is 0 Å². The lowest BCUT2D eigenvalue weighted by Crippen LogP contribution is -2.21. The number of anilines is 1. The van der Waals surface area contributed by atoms with Crippen LogP contribution in [0.25, 0.3) is 0 Å². The zero-order chi connectivity index (χ0) is 14.8. The van der Waals surface area contributed by atoms with Gasteiger partial charge in [0.2, 0.25) is 0 Å². The highest BCUT2D eigenvalue weighted by Gasteiger charge is 2.22. The smallest absolute Gasteiger partial charge is 0.267 e. The molecule has 0 saturated heterocycles. The molecule has 2 rings (SSSR count). The van der Waals surface area contributed by atoms with Crippen molar-refractivity contribution in [2.75, 3.05) is 4.72 Å². The summed E-state index contributed by atoms with van der Waals surface area (Å²) in [5.74, 6) is 0.963. The Morgan fingerprint density at radius 1 is 1.45 bits per heavy atom. The minimum atomic E-state index is -3.66. The van der Waals surface area contributed by atoms with Crippen LogP contribution in [0.15, 0.2) is 27.0 Å². The molecule has 0 bridgehead atoms. The highest BCUT2D eigenvalue weighted by Crippen LogP contribution is 2.23. The summed E-state index contributed by atoms with van der Waals surface area (Å²) in [4.78, 5) is 4.05. The minimum absolute atomic E-state index is 0.147. The summed E-state index contributed by atoms with van der Waals surface area (Å²) in [5.41, 5.74) is 0. The zero-order valence-corrected chi connectivity index (χ0v) is 13.1. The van der Waals surface area contributed by atoms with Gasteiger partial charge in [0.05, 0.1) is 6.54 Å². The van der Waals surface area contributed by atoms with Crippen LogP contribution in [0.5, 0.6) is 0 Å². The second-order valence-electron chi connectivity index (χ2n) is 4.61. The summed E-state index contributed by atoms with van der Waals surface area (Å²) in [5, 5.41) is 5.23. The molecule has 2 aromatic heterocycles. The molecule has 0 fully saturated rings. The molecule has 0 spiro atoms. The van der Waals surface area contributed by atoms with Crippen LogP contribution in [0.1, 0.15) is 25.4 Å². The quantitative estimate of drug-likeness (QED) is 0.855. The van der Waals surface area contributed by atoms with Gasteiger partial charge in [0, 0.05) is 23.7 Å². The van der Waals surface area contributed by atoms with E-state index in [0.717, 1.165) is 0 Å². The highest BCUT2D eigenvalue weighted by molar-refractivity contribution is 7.93. The van der Waals surface area contributed by atoms with Crippen molar-refractivity contribution in [1.82, 2.24) is 10.3 Å². The van der Waals surface area contributed by atoms with Crippen LogP contribution in [0.2, 0.25) is 0 Å². The molecule has 6 nitrogen and oxygen atoms in total. The second kappa shape index (κ2) is 5.94. The third kappa shape index (κ3) is 3.59. The molecule has 0 amide bonds. The van der Waals surface area contributed by atoms with Crippen LogP contribution in [0.4, 0.5) is 5.13 Å². The van der Waals surface area contributed by atoms with Gasteiger partial charge in [-0.25, -0.2) is 13.4 Å². The van der Waals surface area contributed by atoms with E-state index in [0.29, 0.717) is 29.2 Å². The van der Waals surface area contributed by atoms with E-state index in [1.807, 2.05) is 13.8 Å². The van der Waals surface area contributed by atoms with Crippen LogP contribution in [0, 0.1) is 6.92 Å². The van der Waals surface area contributed by atoms with E-state index < -0.39 is 10.0 Å². The zero-order valence-electron chi connectivity index (χ0n) is 11.5. The average Bonchev–Trinajstić information content (AvgIpc) is 2.95. The summed E-state index contributed by atoms with van der Waals surface area (Å²) >= 11 is 1.23. The first kappa shape index (κ1) is 15.0. The van der Waals surface area contributed by atoms with Gasteiger partial charge < -0.3 is 9.73 Å². The van der Waals surface area contributed by atoms with Crippen molar-refractivity contribution in [3.05, 3.63) is 29.2 Å². The number of aryl methyl sites for hydroxylation is 1. The Labute approximate surface area is 122 Å². The fraction of sp³-hybridized carbons (Fsp3) is 0.417. The number of hydrogen-bond donors (Lipinski definition) is 2. The fourth-order valence-corrected chi connectivity index (χ4v) is 3.62. The molecule has 0 aliphatic rings. The first-order valence-electron chi connectivity index (χ1n) is 6.13. The predicted molar refractivity (Wildman–Crippen MR) is 78.3 cm³/mol. The molecule has 2 N–H and O–H groups in total. The van der Waals surface area contributed by atoms with Crippen LogP contribution in [0.3, 0.4) is 0 Å². The number of aromatic nitrogens is 1. The fourth-order valence-electron chi connectivity index (χ4n) is 1.63. The molecule has 2 heterocycles. The Kier molecular flexibility index (Phi) is 4.46. The third-order valence-corrected chi connectivity index (χ3v) is 4.82. The molecule has 8 heteroatoms. The Balaban J connectivity index is 2.19. The topological polar surface area (TPSA) is 84.2 Å². The van der Waals surface area contributed by atoms with Gasteiger partial charge in [-0.3, -0.25) is 4.72 Å². The van der Waals surface area contributed by atoms with Crippen LogP contribution < -0.4 is 10.0 Å². The number of sulfonamides is 1. The van der Waals surface area contributed by atoms with E-state index >= 15 is 0 Å². The summed E-state index contributed by atoms with van der Waals surface area (Å²) in [6, 6.07) is 1.84. The molecular weight excluding hydrogens is 298 g/mol. The van der Waals surface area contributed by atoms with E-state index in [1.165, 1.54) is 11.3 Å². The molecule has 0 aliphatic carbocycles. The van der Waals surface area contributed by atoms with Gasteiger partial charge in [-0.2, -0.15) is 0 Å². The predicted octanol–water partition coefficient (Wildman–Crippen LogP) is 2.34.